The number of nitrogens with one attached hydrogen (secondary N) is 1. The van der Waals surface area contributed by atoms with Crippen molar-refractivity contribution in [1.29, 1.82) is 0 Å². The summed E-state index contributed by atoms with van der Waals surface area (Å²) >= 11 is 5.72. The molecule has 6 nitrogen and oxygen atoms in total. The van der Waals surface area contributed by atoms with Gasteiger partial charge in [-0.2, -0.15) is 0 Å². The minimum atomic E-state index is -0.975. The number of pyridine rings is 1. The molecule has 2 N–H and O–H groups in total. The van der Waals surface area contributed by atoms with E-state index in [4.69, 9.17) is 11.6 Å². The summed E-state index contributed by atoms with van der Waals surface area (Å²) in [6.07, 6.45) is 0. The quantitative estimate of drug-likeness (QED) is 0.491. The van der Waals surface area contributed by atoms with Gasteiger partial charge in [-0.3, -0.25) is 10.1 Å². The van der Waals surface area contributed by atoms with Gasteiger partial charge >= 0.3 is 5.69 Å². The molecule has 0 saturated heterocycles. The second-order valence-electron chi connectivity index (χ2n) is 4.37. The number of nitro groups is 1. The lowest BCUT2D eigenvalue weighted by Gasteiger charge is -2.18. The third kappa shape index (κ3) is 3.83. The molecule has 0 atom stereocenters. The van der Waals surface area contributed by atoms with Crippen LogP contribution in [0.2, 0.25) is 5.15 Å². The average Bonchev–Trinajstić information content (AvgIpc) is 2.11. The van der Waals surface area contributed by atoms with Crippen molar-refractivity contribution >= 4 is 23.0 Å². The Morgan fingerprint density at radius 2 is 2.24 bits per heavy atom. The van der Waals surface area contributed by atoms with Gasteiger partial charge in [-0.15, -0.1) is 0 Å². The topological polar surface area (TPSA) is 88.3 Å². The first kappa shape index (κ1) is 13.7. The van der Waals surface area contributed by atoms with Gasteiger partial charge in [-0.05, 0) is 26.8 Å². The van der Waals surface area contributed by atoms with Gasteiger partial charge in [0, 0.05) is 12.2 Å². The van der Waals surface area contributed by atoms with Crippen LogP contribution in [0.5, 0.6) is 0 Å². The maximum absolute atomic E-state index is 10.9. The van der Waals surface area contributed by atoms with E-state index in [1.54, 1.807) is 20.8 Å². The first-order valence-electron chi connectivity index (χ1n) is 4.98. The third-order valence-electron chi connectivity index (χ3n) is 1.97. The van der Waals surface area contributed by atoms with Crippen LogP contribution in [0.15, 0.2) is 6.07 Å². The van der Waals surface area contributed by atoms with E-state index < -0.39 is 10.5 Å². The predicted octanol–water partition coefficient (Wildman–Crippen LogP) is 2.13. The van der Waals surface area contributed by atoms with Gasteiger partial charge < -0.3 is 10.4 Å². The maximum Gasteiger partial charge on any atom is 0.329 e. The maximum atomic E-state index is 10.9. The molecule has 0 saturated carbocycles. The van der Waals surface area contributed by atoms with E-state index in [1.165, 1.54) is 6.07 Å². The van der Waals surface area contributed by atoms with Crippen molar-refractivity contribution in [3.63, 3.8) is 0 Å². The largest absolute Gasteiger partial charge is 0.389 e. The molecular formula is C10H14ClN3O3. The zero-order valence-corrected chi connectivity index (χ0v) is 10.6. The lowest BCUT2D eigenvalue weighted by atomic mass is 10.1. The lowest BCUT2D eigenvalue weighted by Crippen LogP contribution is -2.29. The fourth-order valence-electron chi connectivity index (χ4n) is 1.25. The first-order valence-corrected chi connectivity index (χ1v) is 5.36. The Kier molecular flexibility index (Phi) is 3.90. The molecular weight excluding hydrogens is 246 g/mol. The Morgan fingerprint density at radius 3 is 2.71 bits per heavy atom. The lowest BCUT2D eigenvalue weighted by molar-refractivity contribution is -0.384. The van der Waals surface area contributed by atoms with Gasteiger partial charge in [-0.25, -0.2) is 4.98 Å². The molecule has 0 amide bonds. The molecule has 94 valence electrons. The number of aromatic nitrogens is 1. The second kappa shape index (κ2) is 4.85. The molecule has 0 fully saturated rings. The molecule has 0 unspecified atom stereocenters. The van der Waals surface area contributed by atoms with Crippen LogP contribution < -0.4 is 5.32 Å². The van der Waals surface area contributed by atoms with E-state index in [9.17, 15) is 15.2 Å². The van der Waals surface area contributed by atoms with E-state index in [1.807, 2.05) is 0 Å². The van der Waals surface area contributed by atoms with Gasteiger partial charge in [0.2, 0.25) is 5.15 Å². The van der Waals surface area contributed by atoms with E-state index in [-0.39, 0.29) is 23.1 Å². The zero-order valence-electron chi connectivity index (χ0n) is 9.82. The molecule has 0 aliphatic heterocycles. The summed E-state index contributed by atoms with van der Waals surface area (Å²) < 4.78 is 0. The van der Waals surface area contributed by atoms with Crippen molar-refractivity contribution in [1.82, 2.24) is 4.98 Å². The van der Waals surface area contributed by atoms with Crippen LogP contribution in [0.3, 0.4) is 0 Å². The summed E-state index contributed by atoms with van der Waals surface area (Å²) in [5, 5.41) is 23.1. The van der Waals surface area contributed by atoms with Crippen LogP contribution in [-0.2, 0) is 0 Å². The van der Waals surface area contributed by atoms with E-state index >= 15 is 0 Å². The van der Waals surface area contributed by atoms with Gasteiger partial charge in [0.25, 0.3) is 0 Å². The van der Waals surface area contributed by atoms with Gasteiger partial charge in [0.1, 0.15) is 5.69 Å². The number of rotatable bonds is 4. The monoisotopic (exact) mass is 259 g/mol. The molecule has 0 bridgehead atoms. The number of halogens is 1. The highest BCUT2D eigenvalue weighted by atomic mass is 35.5. The Morgan fingerprint density at radius 1 is 1.65 bits per heavy atom. The molecule has 7 heteroatoms. The normalized spacial score (nSPS) is 11.4. The Labute approximate surface area is 104 Å². The SMILES string of the molecule is Cc1cc(NCC(C)(C)O)c([N+](=O)[O-])c(Cl)n1. The molecule has 1 rings (SSSR count). The number of anilines is 1. The van der Waals surface area contributed by atoms with Gasteiger partial charge in [0.05, 0.1) is 10.5 Å². The van der Waals surface area contributed by atoms with Crippen molar-refractivity contribution in [3.05, 3.63) is 27.0 Å². The molecule has 0 radical (unpaired) electrons. The number of hydrogen-bond donors (Lipinski definition) is 2. The minimum Gasteiger partial charge on any atom is -0.389 e. The van der Waals surface area contributed by atoms with E-state index in [0.29, 0.717) is 5.69 Å². The summed E-state index contributed by atoms with van der Waals surface area (Å²) in [6.45, 7) is 5.06. The van der Waals surface area contributed by atoms with Crippen LogP contribution in [0.4, 0.5) is 11.4 Å². The average molecular weight is 260 g/mol. The number of nitrogens with zero attached hydrogens (tertiary/aromatic N) is 2. The molecule has 1 heterocycles. The molecule has 0 aromatic carbocycles. The van der Waals surface area contributed by atoms with Gasteiger partial charge in [0.15, 0.2) is 0 Å². The number of hydrogen-bond acceptors (Lipinski definition) is 5. The standard InChI is InChI=1S/C10H14ClN3O3/c1-6-4-7(12-5-10(2,3)15)8(14(16)17)9(11)13-6/h4,15H,5H2,1-3H3,(H,12,13). The van der Waals surface area contributed by atoms with Crippen LogP contribution in [-0.4, -0.2) is 27.2 Å². The van der Waals surface area contributed by atoms with Crippen LogP contribution >= 0.6 is 11.6 Å². The zero-order chi connectivity index (χ0) is 13.2. The van der Waals surface area contributed by atoms with Gasteiger partial charge in [-0.1, -0.05) is 11.6 Å². The molecule has 0 aliphatic rings. The highest BCUT2D eigenvalue weighted by molar-refractivity contribution is 6.32. The van der Waals surface area contributed by atoms with E-state index in [0.717, 1.165) is 0 Å². The highest BCUT2D eigenvalue weighted by Crippen LogP contribution is 2.31. The summed E-state index contributed by atoms with van der Waals surface area (Å²) in [7, 11) is 0. The predicted molar refractivity (Wildman–Crippen MR) is 65.4 cm³/mol. The Hall–Kier alpha value is -1.40. The molecule has 17 heavy (non-hydrogen) atoms. The Bertz CT molecular complexity index is 443. The Balaban J connectivity index is 3.09. The fourth-order valence-corrected chi connectivity index (χ4v) is 1.55. The van der Waals surface area contributed by atoms with Crippen molar-refractivity contribution in [3.8, 4) is 0 Å². The smallest absolute Gasteiger partial charge is 0.329 e. The molecule has 0 aliphatic carbocycles. The summed E-state index contributed by atoms with van der Waals surface area (Å²) in [6, 6.07) is 1.52. The van der Waals surface area contributed by atoms with Crippen molar-refractivity contribution in [2.75, 3.05) is 11.9 Å². The fraction of sp³-hybridized carbons (Fsp3) is 0.500. The summed E-state index contributed by atoms with van der Waals surface area (Å²) in [5.41, 5.74) is -0.424. The third-order valence-corrected chi connectivity index (χ3v) is 2.24. The van der Waals surface area contributed by atoms with Crippen LogP contribution in [0.25, 0.3) is 0 Å². The first-order chi connectivity index (χ1) is 7.70. The molecule has 1 aromatic heterocycles. The second-order valence-corrected chi connectivity index (χ2v) is 4.73. The molecule has 0 spiro atoms. The minimum absolute atomic E-state index is 0.159. The summed E-state index contributed by atoms with van der Waals surface area (Å²) in [4.78, 5) is 14.1. The number of aliphatic hydroxyl groups is 1. The highest BCUT2D eigenvalue weighted by Gasteiger charge is 2.22. The van der Waals surface area contributed by atoms with Crippen LogP contribution in [0.1, 0.15) is 19.5 Å². The van der Waals surface area contributed by atoms with Crippen molar-refractivity contribution in [2.24, 2.45) is 0 Å². The summed E-state index contributed by atoms with van der Waals surface area (Å²) in [5.74, 6) is 0. The number of aryl methyl sites for hydroxylation is 1. The molecule has 1 aromatic rings. The van der Waals surface area contributed by atoms with E-state index in [2.05, 4.69) is 10.3 Å². The van der Waals surface area contributed by atoms with Crippen LogP contribution in [0, 0.1) is 17.0 Å². The van der Waals surface area contributed by atoms with Crippen molar-refractivity contribution < 1.29 is 10.0 Å². The van der Waals surface area contributed by atoms with Crippen molar-refractivity contribution in [2.45, 2.75) is 26.4 Å².